The molecule has 0 bridgehead atoms. The average Bonchev–Trinajstić information content (AvgIpc) is 2.40. The van der Waals surface area contributed by atoms with Gasteiger partial charge in [-0.2, -0.15) is 17.0 Å². The van der Waals surface area contributed by atoms with Gasteiger partial charge in [0.25, 0.3) is 10.2 Å². The van der Waals surface area contributed by atoms with E-state index in [1.807, 2.05) is 0 Å². The number of rotatable bonds is 3. The van der Waals surface area contributed by atoms with Crippen molar-refractivity contribution in [3.8, 4) is 0 Å². The first-order chi connectivity index (χ1) is 9.62. The van der Waals surface area contributed by atoms with Crippen LogP contribution in [0.4, 0.5) is 10.1 Å². The third-order valence-electron chi connectivity index (χ3n) is 3.13. The van der Waals surface area contributed by atoms with Crippen molar-refractivity contribution in [1.82, 2.24) is 8.61 Å². The molecule has 1 aliphatic heterocycles. The molecule has 0 aromatic heterocycles. The average molecular weight is 338 g/mol. The molecule has 1 aromatic rings. The number of nitrogen functional groups attached to an aromatic ring is 1. The van der Waals surface area contributed by atoms with Crippen LogP contribution in [-0.2, 0) is 20.2 Å². The van der Waals surface area contributed by atoms with E-state index < -0.39 is 30.9 Å². The maximum Gasteiger partial charge on any atom is 0.276 e. The minimum atomic E-state index is -4.07. The summed E-state index contributed by atoms with van der Waals surface area (Å²) >= 11 is 0. The van der Waals surface area contributed by atoms with Gasteiger partial charge in [0.2, 0.25) is 10.0 Å². The zero-order valence-electron chi connectivity index (χ0n) is 10.9. The normalized spacial score (nSPS) is 18.8. The molecule has 0 unspecified atom stereocenters. The van der Waals surface area contributed by atoms with Gasteiger partial charge in [-0.15, -0.1) is 0 Å². The predicted octanol–water partition coefficient (Wildman–Crippen LogP) is -1.08. The standard InChI is InChI=1S/C10H15FN4O4S2/c11-9-2-1-8(12)7-10(9)20(16,17)14-3-5-15(6-4-14)21(13,18)19/h1-2,7H,3-6,12H2,(H2,13,18,19). The van der Waals surface area contributed by atoms with Crippen LogP contribution in [0.3, 0.4) is 0 Å². The topological polar surface area (TPSA) is 127 Å². The molecule has 8 nitrogen and oxygen atoms in total. The molecule has 0 atom stereocenters. The number of hydrogen-bond acceptors (Lipinski definition) is 5. The van der Waals surface area contributed by atoms with Crippen molar-refractivity contribution in [2.45, 2.75) is 4.90 Å². The van der Waals surface area contributed by atoms with Crippen LogP contribution in [0.1, 0.15) is 0 Å². The van der Waals surface area contributed by atoms with Gasteiger partial charge in [-0.1, -0.05) is 0 Å². The molecule has 1 saturated heterocycles. The minimum absolute atomic E-state index is 0.0814. The Morgan fingerprint density at radius 3 is 2.05 bits per heavy atom. The molecule has 2 rings (SSSR count). The van der Waals surface area contributed by atoms with Crippen molar-refractivity contribution >= 4 is 25.9 Å². The minimum Gasteiger partial charge on any atom is -0.399 e. The van der Waals surface area contributed by atoms with Gasteiger partial charge >= 0.3 is 0 Å². The van der Waals surface area contributed by atoms with Crippen molar-refractivity contribution in [2.75, 3.05) is 31.9 Å². The molecular weight excluding hydrogens is 323 g/mol. The summed E-state index contributed by atoms with van der Waals surface area (Å²) in [4.78, 5) is -0.522. The summed E-state index contributed by atoms with van der Waals surface area (Å²) < 4.78 is 62.7. The highest BCUT2D eigenvalue weighted by Gasteiger charge is 2.33. The number of nitrogens with zero attached hydrogens (tertiary/aromatic N) is 2. The quantitative estimate of drug-likeness (QED) is 0.678. The van der Waals surface area contributed by atoms with E-state index in [0.717, 1.165) is 20.7 Å². The maximum absolute atomic E-state index is 13.7. The van der Waals surface area contributed by atoms with Crippen molar-refractivity contribution in [3.63, 3.8) is 0 Å². The first kappa shape index (κ1) is 16.1. The fourth-order valence-electron chi connectivity index (χ4n) is 2.02. The van der Waals surface area contributed by atoms with E-state index >= 15 is 0 Å². The second-order valence-electron chi connectivity index (χ2n) is 4.54. The second kappa shape index (κ2) is 5.50. The van der Waals surface area contributed by atoms with E-state index in [9.17, 15) is 21.2 Å². The highest BCUT2D eigenvalue weighted by molar-refractivity contribution is 7.89. The molecular formula is C10H15FN4O4S2. The summed E-state index contributed by atoms with van der Waals surface area (Å²) in [5.74, 6) is -0.905. The summed E-state index contributed by atoms with van der Waals surface area (Å²) in [5.41, 5.74) is 5.60. The SMILES string of the molecule is Nc1ccc(F)c(S(=O)(=O)N2CCN(S(N)(=O)=O)CC2)c1. The molecule has 21 heavy (non-hydrogen) atoms. The number of sulfonamides is 1. The summed E-state index contributed by atoms with van der Waals surface area (Å²) in [6.07, 6.45) is 0. The van der Waals surface area contributed by atoms with E-state index in [0.29, 0.717) is 0 Å². The Bertz CT molecular complexity index is 742. The van der Waals surface area contributed by atoms with Crippen molar-refractivity contribution < 1.29 is 21.2 Å². The van der Waals surface area contributed by atoms with E-state index in [1.165, 1.54) is 6.07 Å². The van der Waals surface area contributed by atoms with Crippen LogP contribution in [0.5, 0.6) is 0 Å². The third-order valence-corrected chi connectivity index (χ3v) is 6.13. The lowest BCUT2D eigenvalue weighted by Crippen LogP contribution is -2.52. The van der Waals surface area contributed by atoms with Gasteiger partial charge in [0.1, 0.15) is 10.7 Å². The molecule has 0 radical (unpaired) electrons. The van der Waals surface area contributed by atoms with Gasteiger partial charge < -0.3 is 5.73 Å². The number of nitrogens with two attached hydrogens (primary N) is 2. The molecule has 118 valence electrons. The Morgan fingerprint density at radius 2 is 1.52 bits per heavy atom. The molecule has 1 fully saturated rings. The molecule has 1 aliphatic rings. The van der Waals surface area contributed by atoms with E-state index in [4.69, 9.17) is 10.9 Å². The predicted molar refractivity (Wildman–Crippen MR) is 74.3 cm³/mol. The molecule has 0 saturated carbocycles. The molecule has 11 heteroatoms. The molecule has 0 spiro atoms. The lowest BCUT2D eigenvalue weighted by Gasteiger charge is -2.32. The van der Waals surface area contributed by atoms with Crippen LogP contribution >= 0.6 is 0 Å². The maximum atomic E-state index is 13.7. The number of piperazine rings is 1. The lowest BCUT2D eigenvalue weighted by molar-refractivity contribution is 0.272. The van der Waals surface area contributed by atoms with Gasteiger partial charge in [0, 0.05) is 31.9 Å². The van der Waals surface area contributed by atoms with Crippen LogP contribution in [0, 0.1) is 5.82 Å². The van der Waals surface area contributed by atoms with Gasteiger partial charge in [-0.3, -0.25) is 0 Å². The fraction of sp³-hybridized carbons (Fsp3) is 0.400. The third kappa shape index (κ3) is 3.32. The number of halogens is 1. The second-order valence-corrected chi connectivity index (χ2v) is 7.99. The molecule has 1 heterocycles. The van der Waals surface area contributed by atoms with E-state index in [-0.39, 0.29) is 31.9 Å². The van der Waals surface area contributed by atoms with Gasteiger partial charge in [0.15, 0.2) is 0 Å². The Morgan fingerprint density at radius 1 is 1.00 bits per heavy atom. The first-order valence-corrected chi connectivity index (χ1v) is 8.90. The zero-order chi connectivity index (χ0) is 15.8. The summed E-state index contributed by atoms with van der Waals surface area (Å²) in [6.45, 7) is -0.371. The Balaban J connectivity index is 2.25. The highest BCUT2D eigenvalue weighted by Crippen LogP contribution is 2.23. The largest absolute Gasteiger partial charge is 0.399 e. The number of anilines is 1. The molecule has 4 N–H and O–H groups in total. The van der Waals surface area contributed by atoms with Gasteiger partial charge in [0.05, 0.1) is 0 Å². The summed E-state index contributed by atoms with van der Waals surface area (Å²) in [6, 6.07) is 3.27. The summed E-state index contributed by atoms with van der Waals surface area (Å²) in [7, 11) is -7.92. The lowest BCUT2D eigenvalue weighted by atomic mass is 10.3. The number of benzene rings is 1. The van der Waals surface area contributed by atoms with Crippen LogP contribution in [-0.4, -0.2) is 51.6 Å². The smallest absolute Gasteiger partial charge is 0.276 e. The van der Waals surface area contributed by atoms with Crippen LogP contribution < -0.4 is 10.9 Å². The van der Waals surface area contributed by atoms with Crippen LogP contribution in [0.15, 0.2) is 23.1 Å². The van der Waals surface area contributed by atoms with Crippen molar-refractivity contribution in [3.05, 3.63) is 24.0 Å². The first-order valence-electron chi connectivity index (χ1n) is 5.95. The molecule has 0 amide bonds. The van der Waals surface area contributed by atoms with E-state index in [1.54, 1.807) is 0 Å². The van der Waals surface area contributed by atoms with Crippen molar-refractivity contribution in [1.29, 1.82) is 0 Å². The Hall–Kier alpha value is -1.27. The van der Waals surface area contributed by atoms with Crippen LogP contribution in [0.25, 0.3) is 0 Å². The van der Waals surface area contributed by atoms with E-state index in [2.05, 4.69) is 0 Å². The van der Waals surface area contributed by atoms with Crippen molar-refractivity contribution in [2.24, 2.45) is 5.14 Å². The molecule has 1 aromatic carbocycles. The highest BCUT2D eigenvalue weighted by atomic mass is 32.2. The van der Waals surface area contributed by atoms with Crippen LogP contribution in [0.2, 0.25) is 0 Å². The van der Waals surface area contributed by atoms with Gasteiger partial charge in [-0.05, 0) is 18.2 Å². The molecule has 0 aliphatic carbocycles. The Kier molecular flexibility index (Phi) is 4.22. The van der Waals surface area contributed by atoms with Gasteiger partial charge in [-0.25, -0.2) is 17.9 Å². The zero-order valence-corrected chi connectivity index (χ0v) is 12.6. The summed E-state index contributed by atoms with van der Waals surface area (Å²) in [5, 5.41) is 4.97. The Labute approximate surface area is 122 Å². The fourth-order valence-corrected chi connectivity index (χ4v) is 4.22. The number of hydrogen-bond donors (Lipinski definition) is 2. The monoisotopic (exact) mass is 338 g/mol.